The second kappa shape index (κ2) is 4.56. The molecule has 0 unspecified atom stereocenters. The molecule has 0 fully saturated rings. The largest absolute Gasteiger partial charge is 0.350 e. The van der Waals surface area contributed by atoms with Gasteiger partial charge in [0.25, 0.3) is 0 Å². The van der Waals surface area contributed by atoms with E-state index in [1.165, 1.54) is 0 Å². The molecule has 0 radical (unpaired) electrons. The lowest BCUT2D eigenvalue weighted by Gasteiger charge is -2.04. The molecule has 0 atom stereocenters. The van der Waals surface area contributed by atoms with Gasteiger partial charge in [0.1, 0.15) is 17.8 Å². The molecule has 0 saturated heterocycles. The fraction of sp³-hybridized carbons (Fsp3) is 0.143. The van der Waals surface area contributed by atoms with Crippen LogP contribution in [0.1, 0.15) is 22.5 Å². The molecule has 1 aromatic heterocycles. The van der Waals surface area contributed by atoms with E-state index in [-0.39, 0.29) is 0 Å². The molecule has 88 valence electrons. The lowest BCUT2D eigenvalue weighted by Crippen LogP contribution is -1.84. The molecule has 0 aliphatic heterocycles. The summed E-state index contributed by atoms with van der Waals surface area (Å²) in [4.78, 5) is 3.04. The average Bonchev–Trinajstić information content (AvgIpc) is 2.64. The smallest absolute Gasteiger partial charge is 0.121 e. The van der Waals surface area contributed by atoms with Gasteiger partial charge in [-0.15, -0.1) is 0 Å². The molecule has 4 heteroatoms. The topological polar surface area (TPSA) is 63.4 Å². The van der Waals surface area contributed by atoms with E-state index < -0.39 is 0 Å². The summed E-state index contributed by atoms with van der Waals surface area (Å²) in [6.07, 6.45) is 0. The first-order chi connectivity index (χ1) is 8.58. The van der Waals surface area contributed by atoms with Crippen LogP contribution < -0.4 is 0 Å². The fourth-order valence-corrected chi connectivity index (χ4v) is 2.28. The van der Waals surface area contributed by atoms with E-state index in [1.807, 2.05) is 26.0 Å². The number of hydrogen-bond acceptors (Lipinski definition) is 2. The maximum atomic E-state index is 8.99. The van der Waals surface area contributed by atoms with Crippen molar-refractivity contribution in [1.82, 2.24) is 4.98 Å². The maximum absolute atomic E-state index is 8.99. The van der Waals surface area contributed by atoms with Gasteiger partial charge in [-0.05, 0) is 37.1 Å². The summed E-state index contributed by atoms with van der Waals surface area (Å²) < 4.78 is 0. The first kappa shape index (κ1) is 12.2. The van der Waals surface area contributed by atoms with Crippen molar-refractivity contribution >= 4 is 11.6 Å². The van der Waals surface area contributed by atoms with Crippen LogP contribution in [0.5, 0.6) is 0 Å². The van der Waals surface area contributed by atoms with Gasteiger partial charge in [0.15, 0.2) is 0 Å². The van der Waals surface area contributed by atoms with Gasteiger partial charge in [-0.3, -0.25) is 0 Å². The number of aromatic amines is 1. The van der Waals surface area contributed by atoms with Crippen molar-refractivity contribution in [2.45, 2.75) is 13.8 Å². The highest BCUT2D eigenvalue weighted by Crippen LogP contribution is 2.31. The Labute approximate surface area is 110 Å². The Balaban J connectivity index is 2.64. The Bertz CT molecular complexity index is 699. The summed E-state index contributed by atoms with van der Waals surface area (Å²) in [6, 6.07) is 9.44. The number of halogens is 1. The minimum absolute atomic E-state index is 0.425. The van der Waals surface area contributed by atoms with E-state index in [1.54, 1.807) is 12.1 Å². The number of nitrogens with one attached hydrogen (secondary N) is 1. The minimum atomic E-state index is 0.425. The third kappa shape index (κ3) is 1.86. The predicted molar refractivity (Wildman–Crippen MR) is 70.1 cm³/mol. The number of nitriles is 2. The van der Waals surface area contributed by atoms with Gasteiger partial charge in [0.05, 0.1) is 10.6 Å². The molecule has 2 rings (SSSR count). The Morgan fingerprint density at radius 2 is 1.89 bits per heavy atom. The lowest BCUT2D eigenvalue weighted by atomic mass is 10.0. The first-order valence-corrected chi connectivity index (χ1v) is 5.75. The van der Waals surface area contributed by atoms with Gasteiger partial charge >= 0.3 is 0 Å². The SMILES string of the molecule is Cc1[nH]c(C#N)c(C)c1-c1ccc(C#N)c(Cl)c1. The molecule has 1 N–H and O–H groups in total. The number of nitrogens with zero attached hydrogens (tertiary/aromatic N) is 2. The van der Waals surface area contributed by atoms with Crippen LogP contribution in [0.4, 0.5) is 0 Å². The van der Waals surface area contributed by atoms with Gasteiger partial charge in [-0.25, -0.2) is 0 Å². The number of hydrogen-bond donors (Lipinski definition) is 1. The highest BCUT2D eigenvalue weighted by Gasteiger charge is 2.13. The molecule has 0 spiro atoms. The zero-order valence-electron chi connectivity index (χ0n) is 10.0. The average molecular weight is 256 g/mol. The molecule has 0 aliphatic carbocycles. The standard InChI is InChI=1S/C14H10ClN3/c1-8-13(7-17)18-9(2)14(8)10-3-4-11(6-16)12(15)5-10/h3-5,18H,1-2H3. The van der Waals surface area contributed by atoms with E-state index in [0.717, 1.165) is 22.4 Å². The highest BCUT2D eigenvalue weighted by molar-refractivity contribution is 6.32. The molecule has 0 bridgehead atoms. The molecule has 3 nitrogen and oxygen atoms in total. The summed E-state index contributed by atoms with van der Waals surface area (Å²) in [5.41, 5.74) is 4.71. The van der Waals surface area contributed by atoms with Crippen molar-refractivity contribution in [2.75, 3.05) is 0 Å². The van der Waals surface area contributed by atoms with Crippen molar-refractivity contribution in [3.05, 3.63) is 45.7 Å². The van der Waals surface area contributed by atoms with E-state index in [0.29, 0.717) is 16.3 Å². The van der Waals surface area contributed by atoms with Crippen molar-refractivity contribution < 1.29 is 0 Å². The quantitative estimate of drug-likeness (QED) is 0.844. The Kier molecular flexibility index (Phi) is 3.10. The molecule has 0 saturated carbocycles. The van der Waals surface area contributed by atoms with Gasteiger partial charge in [-0.1, -0.05) is 17.7 Å². The maximum Gasteiger partial charge on any atom is 0.121 e. The Hall–Kier alpha value is -2.23. The highest BCUT2D eigenvalue weighted by atomic mass is 35.5. The number of H-pyrrole nitrogens is 1. The van der Waals surface area contributed by atoms with Crippen LogP contribution in [0.25, 0.3) is 11.1 Å². The van der Waals surface area contributed by atoms with E-state index in [4.69, 9.17) is 22.1 Å². The summed E-state index contributed by atoms with van der Waals surface area (Å²) in [6.45, 7) is 3.80. The van der Waals surface area contributed by atoms with Crippen LogP contribution >= 0.6 is 11.6 Å². The predicted octanol–water partition coefficient (Wildman–Crippen LogP) is 3.70. The number of aryl methyl sites for hydroxylation is 1. The van der Waals surface area contributed by atoms with Crippen molar-refractivity contribution in [3.8, 4) is 23.3 Å². The van der Waals surface area contributed by atoms with E-state index in [9.17, 15) is 0 Å². The van der Waals surface area contributed by atoms with E-state index >= 15 is 0 Å². The van der Waals surface area contributed by atoms with Crippen LogP contribution in [0.15, 0.2) is 18.2 Å². The van der Waals surface area contributed by atoms with Gasteiger partial charge in [-0.2, -0.15) is 10.5 Å². The normalized spacial score (nSPS) is 9.83. The number of aromatic nitrogens is 1. The van der Waals surface area contributed by atoms with Crippen LogP contribution in [0, 0.1) is 36.5 Å². The third-order valence-electron chi connectivity index (χ3n) is 2.93. The third-order valence-corrected chi connectivity index (χ3v) is 3.24. The molecular weight excluding hydrogens is 246 g/mol. The molecule has 1 heterocycles. The zero-order chi connectivity index (χ0) is 13.3. The number of benzene rings is 1. The summed E-state index contributed by atoms with van der Waals surface area (Å²) in [5, 5.41) is 18.3. The van der Waals surface area contributed by atoms with E-state index in [2.05, 4.69) is 11.1 Å². The van der Waals surface area contributed by atoms with Gasteiger partial charge in [0.2, 0.25) is 0 Å². The molecule has 2 aromatic rings. The minimum Gasteiger partial charge on any atom is -0.350 e. The fourth-order valence-electron chi connectivity index (χ4n) is 2.06. The van der Waals surface area contributed by atoms with Crippen molar-refractivity contribution in [2.24, 2.45) is 0 Å². The van der Waals surface area contributed by atoms with Crippen LogP contribution in [0.3, 0.4) is 0 Å². The molecule has 0 aliphatic rings. The van der Waals surface area contributed by atoms with Crippen LogP contribution in [-0.2, 0) is 0 Å². The summed E-state index contributed by atoms with van der Waals surface area (Å²) in [5.74, 6) is 0. The van der Waals surface area contributed by atoms with Gasteiger partial charge < -0.3 is 4.98 Å². The zero-order valence-corrected chi connectivity index (χ0v) is 10.8. The van der Waals surface area contributed by atoms with Crippen LogP contribution in [-0.4, -0.2) is 4.98 Å². The monoisotopic (exact) mass is 255 g/mol. The molecular formula is C14H10ClN3. The van der Waals surface area contributed by atoms with Gasteiger partial charge in [0, 0.05) is 11.3 Å². The second-order valence-corrected chi connectivity index (χ2v) is 4.45. The van der Waals surface area contributed by atoms with Crippen molar-refractivity contribution in [1.29, 1.82) is 10.5 Å². The molecule has 18 heavy (non-hydrogen) atoms. The van der Waals surface area contributed by atoms with Crippen LogP contribution in [0.2, 0.25) is 5.02 Å². The summed E-state index contributed by atoms with van der Waals surface area (Å²) >= 11 is 6.03. The first-order valence-electron chi connectivity index (χ1n) is 5.37. The lowest BCUT2D eigenvalue weighted by molar-refractivity contribution is 1.22. The second-order valence-electron chi connectivity index (χ2n) is 4.04. The number of rotatable bonds is 1. The van der Waals surface area contributed by atoms with Crippen molar-refractivity contribution in [3.63, 3.8) is 0 Å². The summed E-state index contributed by atoms with van der Waals surface area (Å²) in [7, 11) is 0. The Morgan fingerprint density at radius 3 is 2.39 bits per heavy atom. The molecule has 1 aromatic carbocycles. The molecule has 0 amide bonds. The Morgan fingerprint density at radius 1 is 1.17 bits per heavy atom.